The summed E-state index contributed by atoms with van der Waals surface area (Å²) in [6, 6.07) is 5.65. The van der Waals surface area contributed by atoms with E-state index in [-0.39, 0.29) is 5.91 Å². The molecule has 1 aliphatic heterocycles. The molecule has 1 aromatic rings. The quantitative estimate of drug-likeness (QED) is 0.860. The van der Waals surface area contributed by atoms with Gasteiger partial charge in [-0.1, -0.05) is 6.07 Å². The summed E-state index contributed by atoms with van der Waals surface area (Å²) in [5.74, 6) is -0.832. The van der Waals surface area contributed by atoms with E-state index < -0.39 is 5.97 Å². The highest BCUT2D eigenvalue weighted by atomic mass is 16.4. The molecule has 1 heterocycles. The van der Waals surface area contributed by atoms with E-state index in [2.05, 4.69) is 10.2 Å². The highest BCUT2D eigenvalue weighted by molar-refractivity contribution is 5.88. The van der Waals surface area contributed by atoms with Crippen LogP contribution in [0.1, 0.15) is 34.3 Å². The van der Waals surface area contributed by atoms with Crippen LogP contribution in [0.2, 0.25) is 0 Å². The van der Waals surface area contributed by atoms with Gasteiger partial charge in [-0.25, -0.2) is 4.79 Å². The number of fused-ring (bicyclic) bond motifs is 1. The van der Waals surface area contributed by atoms with Crippen LogP contribution in [-0.2, 0) is 17.8 Å². The normalized spacial score (nSPS) is 18.4. The number of amides is 1. The fourth-order valence-electron chi connectivity index (χ4n) is 2.59. The Morgan fingerprint density at radius 1 is 1.30 bits per heavy atom. The van der Waals surface area contributed by atoms with E-state index in [1.54, 1.807) is 12.1 Å². The van der Waals surface area contributed by atoms with Gasteiger partial charge in [0.05, 0.1) is 12.1 Å². The Bertz CT molecular complexity index is 552. The van der Waals surface area contributed by atoms with E-state index in [1.807, 2.05) is 6.07 Å². The second-order valence-corrected chi connectivity index (χ2v) is 5.59. The molecule has 1 saturated carbocycles. The van der Waals surface area contributed by atoms with Gasteiger partial charge in [0.2, 0.25) is 5.91 Å². The van der Waals surface area contributed by atoms with E-state index in [4.69, 9.17) is 5.11 Å². The van der Waals surface area contributed by atoms with E-state index in [0.29, 0.717) is 24.7 Å². The number of benzene rings is 1. The second kappa shape index (κ2) is 5.25. The number of hydrogen-bond acceptors (Lipinski definition) is 3. The molecule has 0 saturated heterocycles. The van der Waals surface area contributed by atoms with Crippen molar-refractivity contribution < 1.29 is 14.7 Å². The van der Waals surface area contributed by atoms with Gasteiger partial charge in [0.1, 0.15) is 0 Å². The highest BCUT2D eigenvalue weighted by Gasteiger charge is 2.25. The van der Waals surface area contributed by atoms with Crippen LogP contribution in [-0.4, -0.2) is 41.0 Å². The zero-order valence-corrected chi connectivity index (χ0v) is 11.3. The summed E-state index contributed by atoms with van der Waals surface area (Å²) >= 11 is 0. The molecule has 0 bridgehead atoms. The molecule has 3 rings (SSSR count). The van der Waals surface area contributed by atoms with Crippen molar-refractivity contribution in [3.8, 4) is 0 Å². The molecule has 5 nitrogen and oxygen atoms in total. The monoisotopic (exact) mass is 274 g/mol. The molecule has 5 heteroatoms. The molecule has 1 amide bonds. The van der Waals surface area contributed by atoms with Gasteiger partial charge >= 0.3 is 5.97 Å². The zero-order valence-electron chi connectivity index (χ0n) is 11.3. The Morgan fingerprint density at radius 2 is 2.10 bits per heavy atom. The summed E-state index contributed by atoms with van der Waals surface area (Å²) in [5, 5.41) is 12.0. The maximum absolute atomic E-state index is 11.8. The largest absolute Gasteiger partial charge is 0.478 e. The van der Waals surface area contributed by atoms with Crippen molar-refractivity contribution in [2.45, 2.75) is 31.8 Å². The third-order valence-corrected chi connectivity index (χ3v) is 3.85. The Morgan fingerprint density at radius 3 is 2.80 bits per heavy atom. The fraction of sp³-hybridized carbons (Fsp3) is 0.467. The molecule has 1 aliphatic carbocycles. The maximum Gasteiger partial charge on any atom is 0.335 e. The third-order valence-electron chi connectivity index (χ3n) is 3.85. The van der Waals surface area contributed by atoms with E-state index in [9.17, 15) is 9.59 Å². The predicted molar refractivity (Wildman–Crippen MR) is 73.5 cm³/mol. The molecule has 2 N–H and O–H groups in total. The van der Waals surface area contributed by atoms with Crippen LogP contribution in [0.4, 0.5) is 0 Å². The molecule has 0 radical (unpaired) electrons. The number of rotatable bonds is 4. The second-order valence-electron chi connectivity index (χ2n) is 5.59. The van der Waals surface area contributed by atoms with Crippen molar-refractivity contribution >= 4 is 11.9 Å². The molecule has 1 aromatic carbocycles. The molecule has 106 valence electrons. The molecule has 1 fully saturated rings. The molecular formula is C15H18N2O3. The number of carbonyl (C=O) groups is 2. The van der Waals surface area contributed by atoms with Crippen molar-refractivity contribution in [3.63, 3.8) is 0 Å². The van der Waals surface area contributed by atoms with Gasteiger partial charge in [0.25, 0.3) is 0 Å². The lowest BCUT2D eigenvalue weighted by Crippen LogP contribution is -2.40. The smallest absolute Gasteiger partial charge is 0.335 e. The molecule has 0 spiro atoms. The summed E-state index contributed by atoms with van der Waals surface area (Å²) in [6.07, 6.45) is 3.05. The van der Waals surface area contributed by atoms with Crippen molar-refractivity contribution in [2.24, 2.45) is 0 Å². The maximum atomic E-state index is 11.8. The predicted octanol–water partition coefficient (Wildman–Crippen LogP) is 1.02. The lowest BCUT2D eigenvalue weighted by molar-refractivity contribution is -0.122. The molecule has 2 aliphatic rings. The van der Waals surface area contributed by atoms with Gasteiger partial charge in [0.15, 0.2) is 0 Å². The average molecular weight is 274 g/mol. The Kier molecular flexibility index (Phi) is 3.44. The van der Waals surface area contributed by atoms with Gasteiger partial charge in [-0.05, 0) is 42.5 Å². The van der Waals surface area contributed by atoms with E-state index >= 15 is 0 Å². The SMILES string of the molecule is O=C(CN1CCc2ccc(C(=O)O)cc2C1)NC1CC1. The molecule has 0 atom stereocenters. The van der Waals surface area contributed by atoms with Crippen molar-refractivity contribution in [2.75, 3.05) is 13.1 Å². The number of carbonyl (C=O) groups excluding carboxylic acids is 1. The molecule has 20 heavy (non-hydrogen) atoms. The van der Waals surface area contributed by atoms with Gasteiger partial charge < -0.3 is 10.4 Å². The van der Waals surface area contributed by atoms with Crippen molar-refractivity contribution in [1.82, 2.24) is 10.2 Å². The van der Waals surface area contributed by atoms with Gasteiger partial charge in [-0.15, -0.1) is 0 Å². The van der Waals surface area contributed by atoms with Crippen molar-refractivity contribution in [1.29, 1.82) is 0 Å². The first-order valence-corrected chi connectivity index (χ1v) is 6.98. The summed E-state index contributed by atoms with van der Waals surface area (Å²) in [7, 11) is 0. The van der Waals surface area contributed by atoms with Gasteiger partial charge in [-0.3, -0.25) is 9.69 Å². The van der Waals surface area contributed by atoms with Crippen LogP contribution in [0.25, 0.3) is 0 Å². The van der Waals surface area contributed by atoms with Crippen LogP contribution < -0.4 is 5.32 Å². The first kappa shape index (κ1) is 13.1. The van der Waals surface area contributed by atoms with Crippen LogP contribution in [0, 0.1) is 0 Å². The standard InChI is InChI=1S/C15H18N2O3/c18-14(16-13-3-4-13)9-17-6-5-10-1-2-11(15(19)20)7-12(10)8-17/h1-2,7,13H,3-6,8-9H2,(H,16,18)(H,19,20). The highest BCUT2D eigenvalue weighted by Crippen LogP contribution is 2.21. The lowest BCUT2D eigenvalue weighted by atomic mass is 9.97. The van der Waals surface area contributed by atoms with Crippen LogP contribution in [0.5, 0.6) is 0 Å². The topological polar surface area (TPSA) is 69.6 Å². The van der Waals surface area contributed by atoms with Gasteiger partial charge in [0, 0.05) is 19.1 Å². The molecule has 0 aromatic heterocycles. The third kappa shape index (κ3) is 2.99. The lowest BCUT2D eigenvalue weighted by Gasteiger charge is -2.28. The first-order valence-electron chi connectivity index (χ1n) is 6.98. The number of nitrogens with one attached hydrogen (secondary N) is 1. The minimum absolute atomic E-state index is 0.0744. The first-order chi connectivity index (χ1) is 9.61. The summed E-state index contributed by atoms with van der Waals surface area (Å²) < 4.78 is 0. The molecular weight excluding hydrogens is 256 g/mol. The van der Waals surface area contributed by atoms with Crippen molar-refractivity contribution in [3.05, 3.63) is 34.9 Å². The van der Waals surface area contributed by atoms with Crippen LogP contribution >= 0.6 is 0 Å². The fourth-order valence-corrected chi connectivity index (χ4v) is 2.59. The van der Waals surface area contributed by atoms with Crippen LogP contribution in [0.3, 0.4) is 0 Å². The summed E-state index contributed by atoms with van der Waals surface area (Å²) in [4.78, 5) is 24.9. The Balaban J connectivity index is 1.65. The van der Waals surface area contributed by atoms with Crippen LogP contribution in [0.15, 0.2) is 18.2 Å². The Hall–Kier alpha value is -1.88. The number of nitrogens with zero attached hydrogens (tertiary/aromatic N) is 1. The number of carboxylic acid groups (broad SMARTS) is 1. The number of carboxylic acids is 1. The number of hydrogen-bond donors (Lipinski definition) is 2. The van der Waals surface area contributed by atoms with E-state index in [1.165, 1.54) is 5.56 Å². The molecule has 0 unspecified atom stereocenters. The van der Waals surface area contributed by atoms with Gasteiger partial charge in [-0.2, -0.15) is 0 Å². The average Bonchev–Trinajstić information content (AvgIpc) is 3.21. The zero-order chi connectivity index (χ0) is 14.1. The Labute approximate surface area is 117 Å². The summed E-state index contributed by atoms with van der Waals surface area (Å²) in [6.45, 7) is 1.89. The minimum Gasteiger partial charge on any atom is -0.478 e. The number of aromatic carboxylic acids is 1. The van der Waals surface area contributed by atoms with E-state index in [0.717, 1.165) is 31.4 Å². The minimum atomic E-state index is -0.906. The summed E-state index contributed by atoms with van der Waals surface area (Å²) in [5.41, 5.74) is 2.53.